The molecule has 0 radical (unpaired) electrons. The molecule has 16 unspecified atom stereocenters. The third kappa shape index (κ3) is 6.62. The van der Waals surface area contributed by atoms with Crippen LogP contribution in [0.3, 0.4) is 0 Å². The summed E-state index contributed by atoms with van der Waals surface area (Å²) in [4.78, 5) is 0. The largest absolute Gasteiger partial charge is 2.00 e. The van der Waals surface area contributed by atoms with E-state index in [0.717, 1.165) is 35.5 Å². The van der Waals surface area contributed by atoms with Crippen LogP contribution in [0.25, 0.3) is 10.1 Å². The Morgan fingerprint density at radius 1 is 0.480 bits per heavy atom. The van der Waals surface area contributed by atoms with Gasteiger partial charge in [0.25, 0.3) is 0 Å². The zero-order valence-corrected chi connectivity index (χ0v) is 33.7. The molecule has 10 heteroatoms. The maximum absolute atomic E-state index is 4.25. The first kappa shape index (κ1) is 35.2. The van der Waals surface area contributed by atoms with Crippen LogP contribution in [0.4, 0.5) is 0 Å². The van der Waals surface area contributed by atoms with Gasteiger partial charge in [0, 0.05) is 6.17 Å². The van der Waals surface area contributed by atoms with Gasteiger partial charge in [-0.2, -0.15) is 17.9 Å². The minimum Gasteiger partial charge on any atom is -0.322 e. The van der Waals surface area contributed by atoms with Gasteiger partial charge in [0.2, 0.25) is 0 Å². The molecule has 0 amide bonds. The average molecular weight is 750 g/mol. The molecular weight excluding hydrogens is 690 g/mol. The third-order valence-corrected chi connectivity index (χ3v) is 15.7. The number of thiophene rings is 1. The van der Waals surface area contributed by atoms with Crippen molar-refractivity contribution in [2.45, 2.75) is 146 Å². The molecule has 8 bridgehead atoms. The van der Waals surface area contributed by atoms with E-state index in [1.54, 1.807) is 11.3 Å². The van der Waals surface area contributed by atoms with Crippen LogP contribution in [-0.2, 0) is 19.5 Å². The summed E-state index contributed by atoms with van der Waals surface area (Å²) < 4.78 is 1.32. The zero-order chi connectivity index (χ0) is 32.3. The number of nitrogens with one attached hydrogen (secondary N) is 8. The molecular formula is C40H60N8SZn. The Morgan fingerprint density at radius 2 is 0.860 bits per heavy atom. The fourth-order valence-corrected chi connectivity index (χ4v) is 13.3. The minimum atomic E-state index is 0. The van der Waals surface area contributed by atoms with Crippen LogP contribution in [0.5, 0.6) is 0 Å². The monoisotopic (exact) mass is 748 g/mol. The molecule has 9 aliphatic rings. The van der Waals surface area contributed by atoms with Gasteiger partial charge in [0.15, 0.2) is 0 Å². The number of hydrogen-bond acceptors (Lipinski definition) is 9. The molecule has 268 valence electrons. The Kier molecular flexibility index (Phi) is 10.8. The summed E-state index contributed by atoms with van der Waals surface area (Å²) in [6, 6.07) is 10.3. The van der Waals surface area contributed by atoms with Gasteiger partial charge in [0.1, 0.15) is 0 Å². The van der Waals surface area contributed by atoms with Gasteiger partial charge in [-0.15, -0.1) is 28.1 Å². The predicted molar refractivity (Wildman–Crippen MR) is 198 cm³/mol. The molecule has 6 heterocycles. The van der Waals surface area contributed by atoms with E-state index in [0.29, 0.717) is 61.2 Å². The van der Waals surface area contributed by atoms with Crippen LogP contribution in [0.15, 0.2) is 30.3 Å². The molecule has 5 aliphatic heterocycles. The minimum absolute atomic E-state index is 0. The van der Waals surface area contributed by atoms with Gasteiger partial charge < -0.3 is 6.42 Å². The Labute approximate surface area is 317 Å². The Balaban J connectivity index is 0.000000293. The molecule has 1 aromatic heterocycles. The molecule has 0 spiro atoms. The van der Waals surface area contributed by atoms with Crippen molar-refractivity contribution in [3.05, 3.63) is 42.1 Å². The molecule has 5 saturated heterocycles. The first-order valence-corrected chi connectivity index (χ1v) is 21.3. The van der Waals surface area contributed by atoms with Gasteiger partial charge in [-0.1, -0.05) is 63.5 Å². The van der Waals surface area contributed by atoms with Gasteiger partial charge in [-0.3, -0.25) is 53.9 Å². The van der Waals surface area contributed by atoms with Gasteiger partial charge in [-0.25, -0.2) is 0 Å². The second-order valence-electron chi connectivity index (χ2n) is 17.3. The predicted octanol–water partition coefficient (Wildman–Crippen LogP) is 5.12. The second-order valence-corrected chi connectivity index (χ2v) is 18.2. The molecule has 4 aliphatic carbocycles. The molecule has 11 rings (SSSR count). The van der Waals surface area contributed by atoms with Crippen molar-refractivity contribution in [1.29, 1.82) is 0 Å². The SMILES string of the molecule is [CH-]1CCCC2C3NC(NC4NC(NC5NC(NC6NC(N3)C3CCCCC63)C3CCCCC53)C3CCCCC43)C12.[Zn+2].[c-]1cc2ccccc2s1. The molecule has 1 aromatic carbocycles. The van der Waals surface area contributed by atoms with Crippen LogP contribution >= 0.6 is 11.3 Å². The maximum Gasteiger partial charge on any atom is 2.00 e. The van der Waals surface area contributed by atoms with Crippen molar-refractivity contribution < 1.29 is 19.5 Å². The normalized spacial score (nSPS) is 47.9. The van der Waals surface area contributed by atoms with Crippen LogP contribution in [0.2, 0.25) is 0 Å². The van der Waals surface area contributed by atoms with Crippen LogP contribution in [-0.4, -0.2) is 49.3 Å². The maximum atomic E-state index is 4.25. The third-order valence-electron chi connectivity index (χ3n) is 14.9. The van der Waals surface area contributed by atoms with Gasteiger partial charge in [-0.05, 0) is 80.0 Å². The Hall–Kier alpha value is -0.517. The molecule has 9 fully saturated rings. The van der Waals surface area contributed by atoms with E-state index in [9.17, 15) is 0 Å². The quantitative estimate of drug-likeness (QED) is 0.139. The summed E-state index contributed by atoms with van der Waals surface area (Å²) in [5, 5.41) is 38.0. The van der Waals surface area contributed by atoms with E-state index < -0.39 is 0 Å². The van der Waals surface area contributed by atoms with Gasteiger partial charge in [0.05, 0.1) is 43.2 Å². The van der Waals surface area contributed by atoms with Crippen molar-refractivity contribution in [3.8, 4) is 0 Å². The fraction of sp³-hybridized carbons (Fsp3) is 0.775. The van der Waals surface area contributed by atoms with Crippen LogP contribution in [0.1, 0.15) is 96.3 Å². The Bertz CT molecular complexity index is 1190. The zero-order valence-electron chi connectivity index (χ0n) is 29.9. The van der Waals surface area contributed by atoms with E-state index in [2.05, 4.69) is 66.5 Å². The first-order chi connectivity index (χ1) is 24.3. The van der Waals surface area contributed by atoms with Gasteiger partial charge >= 0.3 is 19.5 Å². The van der Waals surface area contributed by atoms with Crippen molar-refractivity contribution in [1.82, 2.24) is 42.5 Å². The summed E-state index contributed by atoms with van der Waals surface area (Å²) in [5.41, 5.74) is 0. The molecule has 16 atom stereocenters. The fourth-order valence-electron chi connectivity index (χ4n) is 12.6. The number of fused-ring (bicyclic) bond motifs is 21. The molecule has 2 aromatic rings. The van der Waals surface area contributed by atoms with Crippen LogP contribution < -0.4 is 42.5 Å². The summed E-state index contributed by atoms with van der Waals surface area (Å²) in [7, 11) is 0. The molecule has 4 saturated carbocycles. The van der Waals surface area contributed by atoms with Crippen molar-refractivity contribution in [2.24, 2.45) is 47.3 Å². The van der Waals surface area contributed by atoms with Crippen LogP contribution in [0, 0.1) is 59.1 Å². The summed E-state index contributed by atoms with van der Waals surface area (Å²) in [6.45, 7) is 0. The van der Waals surface area contributed by atoms with E-state index in [1.807, 2.05) is 18.2 Å². The van der Waals surface area contributed by atoms with Crippen molar-refractivity contribution in [3.63, 3.8) is 0 Å². The van der Waals surface area contributed by atoms with Crippen molar-refractivity contribution >= 4 is 21.4 Å². The summed E-state index contributed by atoms with van der Waals surface area (Å²) >= 11 is 1.66. The standard InChI is InChI=1S/C32H55N8.C8H5S.Zn/c1-2-10-18-17(9-1)25-33-26(18)38-28-21-13-5-6-14-22(21)30(35-28)40-32-24-16-8-7-15-23(24)31(36-32)39-29-20-12-4-3-11-19(20)27(34-29)37-25;1-2-4-8-7(3-1)5-6-9-8;/h9,17-40H,1-8,10-16H2;1-5H;/q2*-1;+2. The second kappa shape index (κ2) is 15.3. The number of rotatable bonds is 0. The first-order valence-electron chi connectivity index (χ1n) is 20.5. The van der Waals surface area contributed by atoms with E-state index in [-0.39, 0.29) is 19.5 Å². The molecule has 8 N–H and O–H groups in total. The smallest absolute Gasteiger partial charge is 0.322 e. The summed E-state index contributed by atoms with van der Waals surface area (Å²) in [5.74, 6) is 5.74. The van der Waals surface area contributed by atoms with E-state index in [4.69, 9.17) is 0 Å². The summed E-state index contributed by atoms with van der Waals surface area (Å²) in [6.07, 6.45) is 26.4. The van der Waals surface area contributed by atoms with E-state index in [1.165, 1.54) is 106 Å². The average Bonchev–Trinajstić information content (AvgIpc) is 3.97. The number of hydrogen-bond donors (Lipinski definition) is 8. The molecule has 8 nitrogen and oxygen atoms in total. The van der Waals surface area contributed by atoms with Crippen molar-refractivity contribution in [2.75, 3.05) is 0 Å². The molecule has 50 heavy (non-hydrogen) atoms. The topological polar surface area (TPSA) is 96.2 Å². The number of benzene rings is 1. The Morgan fingerprint density at radius 3 is 1.30 bits per heavy atom. The van der Waals surface area contributed by atoms with E-state index >= 15 is 0 Å².